The lowest BCUT2D eigenvalue weighted by Crippen LogP contribution is -2.63. The monoisotopic (exact) mass is 1960 g/mol. The first kappa shape index (κ1) is 100. The van der Waals surface area contributed by atoms with Gasteiger partial charge in [-0.2, -0.15) is 0 Å². The molecule has 5 amide bonds. The molecular formula is C98H101BrFN5O32. The van der Waals surface area contributed by atoms with Crippen LogP contribution in [0, 0.1) is 24.6 Å². The van der Waals surface area contributed by atoms with E-state index in [2.05, 4.69) is 42.5 Å². The minimum absolute atomic E-state index is 0.0161. The number of benzene rings is 9. The average molecular weight is 1960 g/mol. The van der Waals surface area contributed by atoms with Crippen LogP contribution in [-0.2, 0) is 116 Å². The summed E-state index contributed by atoms with van der Waals surface area (Å²) >= 11 is 3.36. The Morgan fingerprint density at radius 3 is 1.29 bits per heavy atom. The fourth-order valence-electron chi connectivity index (χ4n) is 15.4. The summed E-state index contributed by atoms with van der Waals surface area (Å²) in [6, 6.07) is 63.1. The number of methoxy groups -OCH3 is 4. The van der Waals surface area contributed by atoms with Crippen molar-refractivity contribution in [3.63, 3.8) is 0 Å². The summed E-state index contributed by atoms with van der Waals surface area (Å²) in [7, 11) is 5.36. The van der Waals surface area contributed by atoms with Gasteiger partial charge in [0.2, 0.25) is 13.6 Å². The van der Waals surface area contributed by atoms with Crippen molar-refractivity contribution >= 4 is 98.7 Å². The standard InChI is InChI=1S/C36H38BrNO9.C31H29FN2O13.C31H34N2O10/c1-43-35-32-31(30(29(22-39)44-35)47-36(42)38-28-18-16-27(37)17-19-28)45-33(40)25(20-23-10-4-2-5-11-23)14-8-9-15-26(34(41)46-32)21-24-12-6-3-7-13-24;1-39-29-28(45-25(36)10-16-5-7-20-22(9-16)42-14-40-20)27(47-31(38)34-19-6-8-21-23(12-19)43-15-41-21)26(24(13-35)44-29)46-30(37)33-18-4-2-3-17(32)11-18;1-19-11-10-16-22(38-2)25(19)33-31(37)42-26-23(18-34)40-29(39-3)28(41-24(35)17-20-12-6-4-7-13-20)27(26)43-30(36)32-21-14-8-5-9-15-21/h2-13,16-19,25-26,29-32,35,39H,14-15,20-22H2,1H3,(H,38,42);2-9,11-12,24,26-29,35H,10,13-15H2,1H3,(H,33,37)(H,34,38);4-16,23,26-29,34H,17-18H2,1-3H3,(H,32,36)(H,33,37)/b9-8-;;/t25-,26-,29-,30-,31+,32-,35+;24-,26-,27+,28+,29+;23-,26-,27+,28-,29+/m111/s1. The second kappa shape index (κ2) is 49.5. The van der Waals surface area contributed by atoms with Crippen LogP contribution in [0.3, 0.4) is 0 Å². The topological polar surface area (TPSA) is 459 Å². The van der Waals surface area contributed by atoms with Crippen molar-refractivity contribution in [2.75, 3.05) is 88.4 Å². The van der Waals surface area contributed by atoms with E-state index in [0.29, 0.717) is 88.2 Å². The maximum Gasteiger partial charge on any atom is 0.412 e. The Balaban J connectivity index is 0.000000174. The molecule has 3 fully saturated rings. The lowest BCUT2D eigenvalue weighted by Gasteiger charge is -2.44. The highest BCUT2D eigenvalue weighted by Crippen LogP contribution is 2.40. The normalized spacial score (nSPS) is 23.6. The van der Waals surface area contributed by atoms with Crippen molar-refractivity contribution < 1.29 is 158 Å². The highest BCUT2D eigenvalue weighted by molar-refractivity contribution is 9.10. The number of carbonyl (C=O) groups is 9. The Labute approximate surface area is 793 Å². The van der Waals surface area contributed by atoms with Crippen LogP contribution in [0.2, 0.25) is 0 Å². The second-order valence-corrected chi connectivity index (χ2v) is 32.3. The maximum atomic E-state index is 13.9. The quantitative estimate of drug-likeness (QED) is 0.0135. The molecule has 3 saturated heterocycles. The third-order valence-electron chi connectivity index (χ3n) is 22.0. The number of amides is 5. The predicted octanol–water partition coefficient (Wildman–Crippen LogP) is 13.0. The number of esters is 4. The molecule has 6 aliphatic heterocycles. The Hall–Kier alpha value is -14.0. The van der Waals surface area contributed by atoms with Crippen molar-refractivity contribution in [1.29, 1.82) is 0 Å². The van der Waals surface area contributed by atoms with Crippen LogP contribution in [-0.4, -0.2) is 224 Å². The minimum atomic E-state index is -1.58. The fraction of sp³-hybridized carbons (Fsp3) is 0.337. The summed E-state index contributed by atoms with van der Waals surface area (Å²) in [6.07, 6.45) is -20.5. The molecule has 39 heteroatoms. The average Bonchev–Trinajstić information content (AvgIpc) is 1.79. The number of allylic oxidation sites excluding steroid dienone is 2. The number of aliphatic hydroxyl groups is 3. The van der Waals surface area contributed by atoms with Gasteiger partial charge in [-0.15, -0.1) is 0 Å². The summed E-state index contributed by atoms with van der Waals surface area (Å²) in [5, 5.41) is 43.4. The van der Waals surface area contributed by atoms with Crippen LogP contribution >= 0.6 is 15.9 Å². The summed E-state index contributed by atoms with van der Waals surface area (Å²) in [5.41, 5.74) is 5.36. The first-order chi connectivity index (χ1) is 66.4. The van der Waals surface area contributed by atoms with Gasteiger partial charge < -0.3 is 110 Å². The molecule has 15 rings (SSSR count). The number of aryl methyl sites for hydroxylation is 1. The number of ether oxygens (including phenoxy) is 20. The molecule has 137 heavy (non-hydrogen) atoms. The number of carbonyl (C=O) groups excluding carboxylic acids is 9. The summed E-state index contributed by atoms with van der Waals surface area (Å²) in [5.74, 6) is -2.16. The van der Waals surface area contributed by atoms with E-state index in [0.717, 1.165) is 21.7 Å². The van der Waals surface area contributed by atoms with E-state index in [1.54, 1.807) is 128 Å². The van der Waals surface area contributed by atoms with Crippen LogP contribution in [0.5, 0.6) is 28.7 Å². The second-order valence-electron chi connectivity index (χ2n) is 31.4. The van der Waals surface area contributed by atoms with E-state index in [1.807, 2.05) is 78.9 Å². The number of rotatable bonds is 27. The van der Waals surface area contributed by atoms with Crippen LogP contribution in [0.15, 0.2) is 241 Å². The molecule has 9 aromatic carbocycles. The van der Waals surface area contributed by atoms with Crippen LogP contribution in [0.25, 0.3) is 0 Å². The number of nitrogens with one attached hydrogen (secondary N) is 5. The largest absolute Gasteiger partial charge is 0.495 e. The van der Waals surface area contributed by atoms with Crippen LogP contribution in [0.4, 0.5) is 56.8 Å². The van der Waals surface area contributed by atoms with Crippen LogP contribution < -0.4 is 50.3 Å². The lowest BCUT2D eigenvalue weighted by molar-refractivity contribution is -0.300. The maximum absolute atomic E-state index is 13.9. The molecule has 6 aliphatic rings. The van der Waals surface area contributed by atoms with Gasteiger partial charge in [-0.05, 0) is 145 Å². The Bertz CT molecular complexity index is 5590. The molecule has 0 saturated carbocycles. The molecule has 0 aromatic heterocycles. The van der Waals surface area contributed by atoms with E-state index in [4.69, 9.17) is 94.7 Å². The number of aliphatic hydroxyl groups excluding tert-OH is 3. The highest BCUT2D eigenvalue weighted by Gasteiger charge is 2.57. The zero-order valence-corrected chi connectivity index (χ0v) is 76.1. The third kappa shape index (κ3) is 27.9. The van der Waals surface area contributed by atoms with Crippen LogP contribution in [0.1, 0.15) is 40.7 Å². The zero-order chi connectivity index (χ0) is 96.9. The number of para-hydroxylation sites is 2. The zero-order valence-electron chi connectivity index (χ0n) is 74.5. The van der Waals surface area contributed by atoms with E-state index in [-0.39, 0.29) is 37.8 Å². The fourth-order valence-corrected chi connectivity index (χ4v) is 15.7. The van der Waals surface area contributed by atoms with Crippen molar-refractivity contribution in [3.05, 3.63) is 275 Å². The number of hydrogen-bond acceptors (Lipinski definition) is 32. The molecule has 0 bridgehead atoms. The minimum Gasteiger partial charge on any atom is -0.495 e. The molecule has 0 radical (unpaired) electrons. The van der Waals surface area contributed by atoms with Crippen molar-refractivity contribution in [1.82, 2.24) is 0 Å². The predicted molar refractivity (Wildman–Crippen MR) is 487 cm³/mol. The lowest BCUT2D eigenvalue weighted by atomic mass is 9.92. The van der Waals surface area contributed by atoms with Gasteiger partial charge in [0.05, 0.1) is 57.3 Å². The molecule has 0 spiro atoms. The molecule has 0 unspecified atom stereocenters. The van der Waals surface area contributed by atoms with Crippen molar-refractivity contribution in [3.8, 4) is 28.7 Å². The first-order valence-electron chi connectivity index (χ1n) is 43.3. The Morgan fingerprint density at radius 2 is 0.788 bits per heavy atom. The summed E-state index contributed by atoms with van der Waals surface area (Å²) < 4.78 is 127. The Morgan fingerprint density at radius 1 is 0.387 bits per heavy atom. The molecular weight excluding hydrogens is 1860 g/mol. The van der Waals surface area contributed by atoms with Gasteiger partial charge in [0.15, 0.2) is 96.8 Å². The molecule has 9 aromatic rings. The molecule has 37 nitrogen and oxygen atoms in total. The van der Waals surface area contributed by atoms with Crippen molar-refractivity contribution in [2.45, 2.75) is 138 Å². The molecule has 6 heterocycles. The first-order valence-corrected chi connectivity index (χ1v) is 44.1. The third-order valence-corrected chi connectivity index (χ3v) is 22.6. The van der Waals surface area contributed by atoms with Gasteiger partial charge in [-0.25, -0.2) is 28.4 Å². The number of anilines is 5. The van der Waals surface area contributed by atoms with Gasteiger partial charge in [-0.1, -0.05) is 162 Å². The summed E-state index contributed by atoms with van der Waals surface area (Å²) in [6.45, 7) is -0.134. The van der Waals surface area contributed by atoms with E-state index < -0.39 is 184 Å². The SMILES string of the molecule is CO[C@H]1O[C@H](CO)[C@@H](OC(=O)Nc2ccc(Br)cc2)[C@@H]2OC(=O)[C@@H](Cc3ccccc3)C/C=C\C[C@H](Cc3ccccc3)C(=O)O[C@@H]12.CO[C@H]1O[C@H](CO)[C@@H](OC(=O)Nc2cccc(F)c2)[C@H](OC(=O)Nc2ccc3c(c2)OCO3)[C@@H]1OC(=O)Cc1ccc2c(c1)OCO2.COc1cccc(C)c1NC(=O)O[C@H]1[C@H](OC(=O)Nc2ccccc2)[C@@H](OC(=O)Cc2ccccc2)[C@@H](OC)O[C@@H]1CO. The van der Waals surface area contributed by atoms with E-state index in [1.165, 1.54) is 58.8 Å². The molecule has 0 aliphatic carbocycles. The van der Waals surface area contributed by atoms with Gasteiger partial charge in [0.1, 0.15) is 29.9 Å². The van der Waals surface area contributed by atoms with Gasteiger partial charge >= 0.3 is 54.3 Å². The number of fused-ring (bicyclic) bond motifs is 3. The molecule has 8 N–H and O–H groups in total. The molecule has 17 atom stereocenters. The van der Waals surface area contributed by atoms with E-state index >= 15 is 0 Å². The van der Waals surface area contributed by atoms with Crippen molar-refractivity contribution in [2.24, 2.45) is 11.8 Å². The van der Waals surface area contributed by atoms with Gasteiger partial charge in [0, 0.05) is 54.6 Å². The van der Waals surface area contributed by atoms with Gasteiger partial charge in [-0.3, -0.25) is 45.8 Å². The molecule has 724 valence electrons. The highest BCUT2D eigenvalue weighted by atomic mass is 79.9. The Kier molecular flexibility index (Phi) is 36.3. The smallest absolute Gasteiger partial charge is 0.412 e. The van der Waals surface area contributed by atoms with Gasteiger partial charge in [0.25, 0.3) is 0 Å². The summed E-state index contributed by atoms with van der Waals surface area (Å²) in [4.78, 5) is 120. The number of hydrogen-bond donors (Lipinski definition) is 8. The number of halogens is 2. The van der Waals surface area contributed by atoms with E-state index in [9.17, 15) is 62.9 Å².